The van der Waals surface area contributed by atoms with Crippen LogP contribution in [0.15, 0.2) is 22.0 Å². The summed E-state index contributed by atoms with van der Waals surface area (Å²) in [5.41, 5.74) is -0.0785. The summed E-state index contributed by atoms with van der Waals surface area (Å²) in [5.74, 6) is 0.949. The molecule has 0 bridgehead atoms. The highest BCUT2D eigenvalue weighted by Crippen LogP contribution is 2.34. The SMILES string of the molecule is Cc1nc(CNC(=O)NC(c2cccs2)C(C)(C)C)no1. The van der Waals surface area contributed by atoms with E-state index in [2.05, 4.69) is 41.5 Å². The lowest BCUT2D eigenvalue weighted by atomic mass is 9.86. The van der Waals surface area contributed by atoms with Crippen LogP contribution in [-0.4, -0.2) is 16.2 Å². The van der Waals surface area contributed by atoms with Gasteiger partial charge in [0, 0.05) is 11.8 Å². The number of rotatable bonds is 4. The maximum atomic E-state index is 12.1. The van der Waals surface area contributed by atoms with Gasteiger partial charge in [0.2, 0.25) is 5.89 Å². The third-order valence-electron chi connectivity index (χ3n) is 2.95. The minimum absolute atomic E-state index is 0.0514. The van der Waals surface area contributed by atoms with Gasteiger partial charge in [-0.15, -0.1) is 11.3 Å². The first-order chi connectivity index (χ1) is 9.86. The molecular weight excluding hydrogens is 288 g/mol. The van der Waals surface area contributed by atoms with Gasteiger partial charge in [-0.3, -0.25) is 0 Å². The average Bonchev–Trinajstić information content (AvgIpc) is 3.03. The number of thiophene rings is 1. The molecule has 0 spiro atoms. The second-order valence-corrected chi connectivity index (χ2v) is 6.85. The predicted octanol–water partition coefficient (Wildman–Crippen LogP) is 3.03. The number of amides is 2. The summed E-state index contributed by atoms with van der Waals surface area (Å²) < 4.78 is 4.86. The van der Waals surface area contributed by atoms with Crippen molar-refractivity contribution < 1.29 is 9.32 Å². The van der Waals surface area contributed by atoms with Crippen LogP contribution < -0.4 is 10.6 Å². The van der Waals surface area contributed by atoms with Gasteiger partial charge in [0.15, 0.2) is 5.82 Å². The molecule has 0 saturated heterocycles. The van der Waals surface area contributed by atoms with Crippen molar-refractivity contribution in [3.63, 3.8) is 0 Å². The fourth-order valence-corrected chi connectivity index (χ4v) is 2.94. The van der Waals surface area contributed by atoms with Gasteiger partial charge < -0.3 is 15.2 Å². The van der Waals surface area contributed by atoms with Crippen LogP contribution in [0, 0.1) is 12.3 Å². The molecule has 0 aliphatic heterocycles. The summed E-state index contributed by atoms with van der Waals surface area (Å²) >= 11 is 1.64. The number of carbonyl (C=O) groups excluding carboxylic acids is 1. The van der Waals surface area contributed by atoms with Crippen LogP contribution >= 0.6 is 11.3 Å². The summed E-state index contributed by atoms with van der Waals surface area (Å²) in [4.78, 5) is 17.2. The summed E-state index contributed by atoms with van der Waals surface area (Å²) in [6.45, 7) is 8.24. The lowest BCUT2D eigenvalue weighted by molar-refractivity contribution is 0.219. The highest BCUT2D eigenvalue weighted by Gasteiger charge is 2.28. The fraction of sp³-hybridized carbons (Fsp3) is 0.500. The number of aryl methyl sites for hydroxylation is 1. The fourth-order valence-electron chi connectivity index (χ4n) is 1.92. The topological polar surface area (TPSA) is 80.0 Å². The lowest BCUT2D eigenvalue weighted by Crippen LogP contribution is -2.42. The molecule has 0 fully saturated rings. The minimum Gasteiger partial charge on any atom is -0.340 e. The van der Waals surface area contributed by atoms with E-state index in [0.29, 0.717) is 11.7 Å². The molecule has 21 heavy (non-hydrogen) atoms. The van der Waals surface area contributed by atoms with E-state index in [1.165, 1.54) is 0 Å². The Morgan fingerprint density at radius 3 is 2.76 bits per heavy atom. The van der Waals surface area contributed by atoms with E-state index in [4.69, 9.17) is 4.52 Å². The smallest absolute Gasteiger partial charge is 0.315 e. The molecule has 2 N–H and O–H groups in total. The van der Waals surface area contributed by atoms with Crippen molar-refractivity contribution in [2.24, 2.45) is 5.41 Å². The van der Waals surface area contributed by atoms with Gasteiger partial charge in [0.25, 0.3) is 0 Å². The van der Waals surface area contributed by atoms with Crippen LogP contribution in [0.5, 0.6) is 0 Å². The van der Waals surface area contributed by atoms with Crippen molar-refractivity contribution in [1.82, 2.24) is 20.8 Å². The Hall–Kier alpha value is -1.89. The Labute approximate surface area is 127 Å². The number of hydrogen-bond acceptors (Lipinski definition) is 5. The van der Waals surface area contributed by atoms with Gasteiger partial charge in [-0.25, -0.2) is 4.79 Å². The summed E-state index contributed by atoms with van der Waals surface area (Å²) in [7, 11) is 0. The average molecular weight is 308 g/mol. The molecule has 2 amide bonds. The lowest BCUT2D eigenvalue weighted by Gasteiger charge is -2.30. The third kappa shape index (κ3) is 4.29. The molecule has 0 radical (unpaired) electrons. The molecule has 0 aliphatic rings. The molecule has 1 atom stereocenters. The van der Waals surface area contributed by atoms with Gasteiger partial charge in [0.05, 0.1) is 12.6 Å². The van der Waals surface area contributed by atoms with Gasteiger partial charge in [-0.05, 0) is 16.9 Å². The van der Waals surface area contributed by atoms with Gasteiger partial charge >= 0.3 is 6.03 Å². The van der Waals surface area contributed by atoms with Gasteiger partial charge in [-0.2, -0.15) is 4.98 Å². The highest BCUT2D eigenvalue weighted by atomic mass is 32.1. The van der Waals surface area contributed by atoms with E-state index < -0.39 is 0 Å². The van der Waals surface area contributed by atoms with Crippen LogP contribution in [0.4, 0.5) is 4.79 Å². The van der Waals surface area contributed by atoms with E-state index in [9.17, 15) is 4.79 Å². The molecule has 2 aromatic rings. The Morgan fingerprint density at radius 2 is 2.24 bits per heavy atom. The zero-order valence-electron chi connectivity index (χ0n) is 12.6. The maximum Gasteiger partial charge on any atom is 0.315 e. The molecule has 6 nitrogen and oxygen atoms in total. The summed E-state index contributed by atoms with van der Waals surface area (Å²) in [5, 5.41) is 11.5. The van der Waals surface area contributed by atoms with E-state index in [-0.39, 0.29) is 24.0 Å². The van der Waals surface area contributed by atoms with Gasteiger partial charge in [-0.1, -0.05) is 32.0 Å². The number of urea groups is 1. The van der Waals surface area contributed by atoms with Crippen molar-refractivity contribution in [2.45, 2.75) is 40.3 Å². The van der Waals surface area contributed by atoms with E-state index in [1.807, 2.05) is 17.5 Å². The zero-order valence-corrected chi connectivity index (χ0v) is 13.5. The number of aromatic nitrogens is 2. The third-order valence-corrected chi connectivity index (χ3v) is 3.88. The van der Waals surface area contributed by atoms with Crippen molar-refractivity contribution in [1.29, 1.82) is 0 Å². The molecule has 2 rings (SSSR count). The van der Waals surface area contributed by atoms with Gasteiger partial charge in [0.1, 0.15) is 0 Å². The van der Waals surface area contributed by atoms with Crippen LogP contribution in [0.3, 0.4) is 0 Å². The molecule has 7 heteroatoms. The molecule has 114 valence electrons. The number of carbonyl (C=O) groups is 1. The monoisotopic (exact) mass is 308 g/mol. The molecule has 2 heterocycles. The predicted molar refractivity (Wildman–Crippen MR) is 80.9 cm³/mol. The normalized spacial score (nSPS) is 13.0. The van der Waals surface area contributed by atoms with Crippen LogP contribution in [0.25, 0.3) is 0 Å². The molecular formula is C14H20N4O2S. The van der Waals surface area contributed by atoms with E-state index in [0.717, 1.165) is 4.88 Å². The zero-order chi connectivity index (χ0) is 15.5. The highest BCUT2D eigenvalue weighted by molar-refractivity contribution is 7.10. The molecule has 0 saturated carbocycles. The second-order valence-electron chi connectivity index (χ2n) is 5.87. The second kappa shape index (κ2) is 6.26. The van der Waals surface area contributed by atoms with E-state index >= 15 is 0 Å². The van der Waals surface area contributed by atoms with Crippen LogP contribution in [-0.2, 0) is 6.54 Å². The molecule has 0 aliphatic carbocycles. The molecule has 0 aromatic carbocycles. The quantitative estimate of drug-likeness (QED) is 0.910. The number of hydrogen-bond donors (Lipinski definition) is 2. The van der Waals surface area contributed by atoms with Crippen LogP contribution in [0.2, 0.25) is 0 Å². The Kier molecular flexibility index (Phi) is 4.62. The number of nitrogens with one attached hydrogen (secondary N) is 2. The Bertz CT molecular complexity index is 586. The first-order valence-electron chi connectivity index (χ1n) is 6.73. The maximum absolute atomic E-state index is 12.1. The largest absolute Gasteiger partial charge is 0.340 e. The first-order valence-corrected chi connectivity index (χ1v) is 7.61. The first kappa shape index (κ1) is 15.5. The van der Waals surface area contributed by atoms with Crippen molar-refractivity contribution >= 4 is 17.4 Å². The summed E-state index contributed by atoms with van der Waals surface area (Å²) in [6.07, 6.45) is 0. The van der Waals surface area contributed by atoms with Crippen molar-refractivity contribution in [2.75, 3.05) is 0 Å². The van der Waals surface area contributed by atoms with E-state index in [1.54, 1.807) is 18.3 Å². The standard InChI is InChI=1S/C14H20N4O2S/c1-9-16-11(18-20-9)8-15-13(19)17-12(14(2,3)4)10-6-5-7-21-10/h5-7,12H,8H2,1-4H3,(H2,15,17,19). The Balaban J connectivity index is 1.95. The number of nitrogens with zero attached hydrogens (tertiary/aromatic N) is 2. The molecule has 1 unspecified atom stereocenters. The van der Waals surface area contributed by atoms with Crippen molar-refractivity contribution in [3.8, 4) is 0 Å². The minimum atomic E-state index is -0.245. The summed E-state index contributed by atoms with van der Waals surface area (Å²) in [6, 6.07) is 3.72. The van der Waals surface area contributed by atoms with Crippen LogP contribution in [0.1, 0.15) is 43.4 Å². The van der Waals surface area contributed by atoms with Crippen molar-refractivity contribution in [3.05, 3.63) is 34.1 Å². The Morgan fingerprint density at radius 1 is 1.48 bits per heavy atom. The molecule has 2 aromatic heterocycles.